The lowest BCUT2D eigenvalue weighted by Crippen LogP contribution is -2.31. The summed E-state index contributed by atoms with van der Waals surface area (Å²) >= 11 is 5.89. The first-order valence-electron chi connectivity index (χ1n) is 11.8. The van der Waals surface area contributed by atoms with Crippen LogP contribution in [0.25, 0.3) is 0 Å². The van der Waals surface area contributed by atoms with Crippen LogP contribution in [0.2, 0.25) is 0 Å². The summed E-state index contributed by atoms with van der Waals surface area (Å²) in [6, 6.07) is 13.8. The fraction of sp³-hybridized carbons (Fsp3) is 0.435. The molecular formula is C23H36N3O8P3S. The molecule has 0 radical (unpaired) electrons. The van der Waals surface area contributed by atoms with Crippen molar-refractivity contribution in [3.63, 3.8) is 0 Å². The molecule has 0 aliphatic rings. The molecule has 2 atom stereocenters. The first-order chi connectivity index (χ1) is 17.6. The highest BCUT2D eigenvalue weighted by Crippen LogP contribution is 2.46. The van der Waals surface area contributed by atoms with E-state index in [1.54, 1.807) is 59.5 Å². The molecule has 0 amide bonds. The van der Waals surface area contributed by atoms with E-state index in [-0.39, 0.29) is 12.3 Å². The number of phenolic OH excluding ortho intramolecular Hbond substituents is 1. The van der Waals surface area contributed by atoms with E-state index in [1.807, 2.05) is 14.0 Å². The van der Waals surface area contributed by atoms with Crippen molar-refractivity contribution in [1.29, 1.82) is 0 Å². The second kappa shape index (κ2) is 14.2. The molecule has 2 aromatic rings. The Bertz CT molecular complexity index is 1160. The van der Waals surface area contributed by atoms with E-state index in [0.717, 1.165) is 22.4 Å². The summed E-state index contributed by atoms with van der Waals surface area (Å²) < 4.78 is 30.8. The standard InChI is InChI=1S/C23H36N3O8P3S/c1-4-14-23(2,35(38)25(3)24-16-20-5-9-21(27)10-6-20)34-22-11-7-19(8-12-22)13-15-26(17-36(28,29)30)18-37(31,32)33/h5-12,16,27,35H,4,13-15,17-18H2,1-3H3,(H2,28,29,30)(H2,31,32,33). The van der Waals surface area contributed by atoms with Crippen molar-refractivity contribution in [2.24, 2.45) is 5.10 Å². The first kappa shape index (κ1) is 32.6. The molecule has 212 valence electrons. The van der Waals surface area contributed by atoms with Gasteiger partial charge in [-0.1, -0.05) is 37.3 Å². The molecule has 0 spiro atoms. The van der Waals surface area contributed by atoms with Gasteiger partial charge in [0.1, 0.15) is 29.4 Å². The molecule has 0 fully saturated rings. The van der Waals surface area contributed by atoms with Gasteiger partial charge in [-0.25, -0.2) is 0 Å². The average molecular weight is 608 g/mol. The number of nitrogens with zero attached hydrogens (tertiary/aromatic N) is 3. The van der Waals surface area contributed by atoms with Crippen molar-refractivity contribution in [2.45, 2.75) is 38.5 Å². The quantitative estimate of drug-likeness (QED) is 0.113. The van der Waals surface area contributed by atoms with Crippen LogP contribution in [0.1, 0.15) is 37.8 Å². The Balaban J connectivity index is 2.08. The molecule has 15 heteroatoms. The van der Waals surface area contributed by atoms with Gasteiger partial charge in [-0.05, 0) is 67.3 Å². The Kier molecular flexibility index (Phi) is 12.2. The molecule has 2 rings (SSSR count). The molecular weight excluding hydrogens is 571 g/mol. The molecule has 0 aromatic heterocycles. The molecule has 5 N–H and O–H groups in total. The smallest absolute Gasteiger partial charge is 0.339 e. The average Bonchev–Trinajstić information content (AvgIpc) is 2.80. The van der Waals surface area contributed by atoms with Crippen molar-refractivity contribution in [1.82, 2.24) is 9.68 Å². The van der Waals surface area contributed by atoms with Gasteiger partial charge in [0.25, 0.3) is 0 Å². The van der Waals surface area contributed by atoms with Crippen molar-refractivity contribution in [2.75, 3.05) is 26.2 Å². The molecule has 0 aliphatic carbocycles. The summed E-state index contributed by atoms with van der Waals surface area (Å²) in [7, 11) is -7.14. The van der Waals surface area contributed by atoms with Crippen molar-refractivity contribution < 1.29 is 38.5 Å². The van der Waals surface area contributed by atoms with Crippen LogP contribution < -0.4 is 4.74 Å². The number of aromatic hydroxyl groups is 1. The van der Waals surface area contributed by atoms with Crippen LogP contribution in [0.4, 0.5) is 0 Å². The highest BCUT2D eigenvalue weighted by Gasteiger charge is 2.32. The highest BCUT2D eigenvalue weighted by molar-refractivity contribution is 8.04. The fourth-order valence-electron chi connectivity index (χ4n) is 3.77. The Morgan fingerprint density at radius 1 is 1.03 bits per heavy atom. The largest absolute Gasteiger partial charge is 0.508 e. The maximum Gasteiger partial charge on any atom is 0.339 e. The number of hydrogen-bond acceptors (Lipinski definition) is 7. The summed E-state index contributed by atoms with van der Waals surface area (Å²) in [5.41, 5.74) is 1.64. The zero-order valence-electron chi connectivity index (χ0n) is 21.5. The lowest BCUT2D eigenvalue weighted by atomic mass is 10.1. The van der Waals surface area contributed by atoms with E-state index in [1.165, 1.54) is 0 Å². The van der Waals surface area contributed by atoms with E-state index in [0.29, 0.717) is 18.6 Å². The number of phenols is 1. The van der Waals surface area contributed by atoms with Crippen LogP contribution in [0.5, 0.6) is 11.5 Å². The Hall–Kier alpha value is -1.58. The van der Waals surface area contributed by atoms with Crippen molar-refractivity contribution in [3.05, 3.63) is 59.7 Å². The minimum absolute atomic E-state index is 0.0626. The maximum atomic E-state index is 11.4. The summed E-state index contributed by atoms with van der Waals surface area (Å²) in [5, 5.41) is 13.3. The van der Waals surface area contributed by atoms with Crippen molar-refractivity contribution in [3.8, 4) is 11.5 Å². The number of ether oxygens (including phenoxy) is 1. The maximum absolute atomic E-state index is 11.4. The van der Waals surface area contributed by atoms with Gasteiger partial charge in [0.15, 0.2) is 0 Å². The zero-order chi connectivity index (χ0) is 28.6. The summed E-state index contributed by atoms with van der Waals surface area (Å²) in [5.74, 6) is 0.785. The SMILES string of the molecule is CCCC(C)(Oc1ccc(CCN(CP(=O)(O)O)CP(=O)(O)O)cc1)[PH](=S)N(C)N=Cc1ccc(O)cc1. The number of hydrogen-bond donors (Lipinski definition) is 5. The molecule has 11 nitrogen and oxygen atoms in total. The summed E-state index contributed by atoms with van der Waals surface area (Å²) in [4.78, 5) is 38.0. The number of rotatable bonds is 15. The third-order valence-electron chi connectivity index (χ3n) is 5.50. The van der Waals surface area contributed by atoms with Crippen LogP contribution in [0, 0.1) is 0 Å². The second-order valence-corrected chi connectivity index (χ2v) is 15.8. The minimum atomic E-state index is -4.48. The summed E-state index contributed by atoms with van der Waals surface area (Å²) in [6.07, 6.45) is 2.11. The van der Waals surface area contributed by atoms with Gasteiger partial charge in [0.05, 0.1) is 13.1 Å². The topological polar surface area (TPSA) is 163 Å². The molecule has 0 saturated carbocycles. The monoisotopic (exact) mass is 607 g/mol. The number of benzene rings is 2. The van der Waals surface area contributed by atoms with E-state index in [9.17, 15) is 33.8 Å². The van der Waals surface area contributed by atoms with Crippen LogP contribution in [-0.4, -0.2) is 72.1 Å². The Morgan fingerprint density at radius 2 is 1.58 bits per heavy atom. The highest BCUT2D eigenvalue weighted by atomic mass is 32.4. The van der Waals surface area contributed by atoms with Gasteiger partial charge < -0.3 is 29.4 Å². The molecule has 0 bridgehead atoms. The Labute approximate surface area is 228 Å². The molecule has 2 aromatic carbocycles. The predicted molar refractivity (Wildman–Crippen MR) is 154 cm³/mol. The number of hydrazone groups is 1. The van der Waals surface area contributed by atoms with Gasteiger partial charge in [0.2, 0.25) is 0 Å². The third-order valence-corrected chi connectivity index (χ3v) is 11.1. The third kappa shape index (κ3) is 11.7. The van der Waals surface area contributed by atoms with Gasteiger partial charge in [-0.3, -0.25) is 18.8 Å². The normalized spacial score (nSPS) is 14.9. The Morgan fingerprint density at radius 3 is 2.08 bits per heavy atom. The van der Waals surface area contributed by atoms with Crippen LogP contribution >= 0.6 is 22.0 Å². The van der Waals surface area contributed by atoms with E-state index in [4.69, 9.17) is 16.5 Å². The lowest BCUT2D eigenvalue weighted by Gasteiger charge is -2.35. The second-order valence-electron chi connectivity index (χ2n) is 9.15. The predicted octanol–water partition coefficient (Wildman–Crippen LogP) is 3.96. The lowest BCUT2D eigenvalue weighted by molar-refractivity contribution is 0.164. The molecule has 0 aliphatic heterocycles. The molecule has 38 heavy (non-hydrogen) atoms. The van der Waals surface area contributed by atoms with Gasteiger partial charge in [0, 0.05) is 13.6 Å². The fourth-order valence-corrected chi connectivity index (χ4v) is 7.54. The van der Waals surface area contributed by atoms with Gasteiger partial charge in [-0.15, -0.1) is 0 Å². The van der Waals surface area contributed by atoms with Crippen LogP contribution in [0.3, 0.4) is 0 Å². The van der Waals surface area contributed by atoms with Crippen LogP contribution in [-0.2, 0) is 27.4 Å². The van der Waals surface area contributed by atoms with E-state index in [2.05, 4.69) is 12.0 Å². The zero-order valence-corrected chi connectivity index (χ0v) is 25.1. The van der Waals surface area contributed by atoms with Gasteiger partial charge in [-0.2, -0.15) is 5.10 Å². The van der Waals surface area contributed by atoms with E-state index >= 15 is 0 Å². The minimum Gasteiger partial charge on any atom is -0.508 e. The molecule has 0 heterocycles. The molecule has 0 saturated heterocycles. The van der Waals surface area contributed by atoms with Gasteiger partial charge >= 0.3 is 15.2 Å². The first-order valence-corrected chi connectivity index (χ1v) is 18.0. The van der Waals surface area contributed by atoms with E-state index < -0.39 is 40.0 Å². The summed E-state index contributed by atoms with van der Waals surface area (Å²) in [6.45, 7) is 2.37. The van der Waals surface area contributed by atoms with Crippen molar-refractivity contribution >= 4 is 40.1 Å². The molecule has 2 unspecified atom stereocenters. The van der Waals surface area contributed by atoms with Crippen LogP contribution in [0.15, 0.2) is 53.6 Å².